The molecule has 0 bridgehead atoms. The summed E-state index contributed by atoms with van der Waals surface area (Å²) in [5.74, 6) is 0.773. The van der Waals surface area contributed by atoms with Gasteiger partial charge in [-0.05, 0) is 25.0 Å². The van der Waals surface area contributed by atoms with E-state index in [0.29, 0.717) is 29.4 Å². The maximum absolute atomic E-state index is 12.9. The van der Waals surface area contributed by atoms with E-state index in [1.807, 2.05) is 35.6 Å². The minimum atomic E-state index is -0.0427. The molecule has 1 aromatic carbocycles. The number of fused-ring (bicyclic) bond motifs is 3. The fraction of sp³-hybridized carbons (Fsp3) is 0.474. The minimum Gasteiger partial charge on any atom is -0.355 e. The smallest absolute Gasteiger partial charge is 0.262 e. The summed E-state index contributed by atoms with van der Waals surface area (Å²) in [6.07, 6.45) is 3.95. The van der Waals surface area contributed by atoms with Crippen molar-refractivity contribution in [3.05, 3.63) is 34.6 Å². The lowest BCUT2D eigenvalue weighted by atomic mass is 10.2. The number of benzene rings is 1. The van der Waals surface area contributed by atoms with E-state index in [1.54, 1.807) is 4.57 Å². The molecule has 0 aliphatic rings. The van der Waals surface area contributed by atoms with Crippen molar-refractivity contribution >= 4 is 34.3 Å². The maximum Gasteiger partial charge on any atom is 0.262 e. The van der Waals surface area contributed by atoms with Gasteiger partial charge in [0.1, 0.15) is 0 Å². The summed E-state index contributed by atoms with van der Waals surface area (Å²) in [4.78, 5) is 24.9. The van der Waals surface area contributed by atoms with E-state index in [2.05, 4.69) is 22.4 Å². The second kappa shape index (κ2) is 9.03. The lowest BCUT2D eigenvalue weighted by Gasteiger charge is -2.11. The fourth-order valence-corrected chi connectivity index (χ4v) is 3.76. The van der Waals surface area contributed by atoms with Crippen molar-refractivity contribution in [1.82, 2.24) is 24.5 Å². The van der Waals surface area contributed by atoms with Gasteiger partial charge in [-0.1, -0.05) is 50.6 Å². The minimum absolute atomic E-state index is 0.0285. The number of nitrogens with one attached hydrogen (secondary N) is 1. The molecule has 0 saturated heterocycles. The Morgan fingerprint density at radius 3 is 2.74 bits per heavy atom. The predicted molar refractivity (Wildman–Crippen MR) is 108 cm³/mol. The number of carbonyl (C=O) groups is 1. The number of aryl methyl sites for hydroxylation is 1. The molecule has 1 amide bonds. The van der Waals surface area contributed by atoms with E-state index >= 15 is 0 Å². The molecule has 0 spiro atoms. The SMILES string of the molecule is CCCCCn1c(=O)c2ccccc2n2c(SCC(=O)NCCC)nnc12. The molecule has 0 aliphatic carbocycles. The first-order valence-electron chi connectivity index (χ1n) is 9.43. The molecule has 3 aromatic rings. The van der Waals surface area contributed by atoms with Gasteiger partial charge in [-0.3, -0.25) is 18.6 Å². The molecule has 27 heavy (non-hydrogen) atoms. The monoisotopic (exact) mass is 387 g/mol. The summed E-state index contributed by atoms with van der Waals surface area (Å²) < 4.78 is 3.59. The third-order valence-electron chi connectivity index (χ3n) is 4.37. The first kappa shape index (κ1) is 19.4. The summed E-state index contributed by atoms with van der Waals surface area (Å²) in [5, 5.41) is 12.7. The Morgan fingerprint density at radius 1 is 1.15 bits per heavy atom. The Bertz CT molecular complexity index is 995. The van der Waals surface area contributed by atoms with Crippen LogP contribution in [0.5, 0.6) is 0 Å². The summed E-state index contributed by atoms with van der Waals surface area (Å²) in [6.45, 7) is 5.43. The molecule has 3 rings (SSSR count). The zero-order valence-corrected chi connectivity index (χ0v) is 16.6. The van der Waals surface area contributed by atoms with Gasteiger partial charge in [0.2, 0.25) is 11.7 Å². The zero-order chi connectivity index (χ0) is 19.2. The highest BCUT2D eigenvalue weighted by Crippen LogP contribution is 2.21. The Labute approximate surface area is 162 Å². The largest absolute Gasteiger partial charge is 0.355 e. The van der Waals surface area contributed by atoms with Crippen LogP contribution in [0.1, 0.15) is 39.5 Å². The quantitative estimate of drug-likeness (QED) is 0.451. The van der Waals surface area contributed by atoms with Gasteiger partial charge < -0.3 is 5.32 Å². The van der Waals surface area contributed by atoms with Crippen molar-refractivity contribution in [2.45, 2.75) is 51.2 Å². The topological polar surface area (TPSA) is 81.3 Å². The van der Waals surface area contributed by atoms with Crippen molar-refractivity contribution in [3.8, 4) is 0 Å². The second-order valence-electron chi connectivity index (χ2n) is 6.44. The molecule has 0 radical (unpaired) electrons. The van der Waals surface area contributed by atoms with Crippen molar-refractivity contribution in [1.29, 1.82) is 0 Å². The average molecular weight is 388 g/mol. The predicted octanol–water partition coefficient (Wildman–Crippen LogP) is 2.85. The summed E-state index contributed by atoms with van der Waals surface area (Å²) >= 11 is 1.33. The van der Waals surface area contributed by atoms with Gasteiger partial charge in [-0.2, -0.15) is 0 Å². The molecule has 144 valence electrons. The first-order chi connectivity index (χ1) is 13.2. The van der Waals surface area contributed by atoms with Gasteiger partial charge in [0.05, 0.1) is 16.7 Å². The number of rotatable bonds is 9. The lowest BCUT2D eigenvalue weighted by molar-refractivity contribution is -0.118. The van der Waals surface area contributed by atoms with E-state index in [9.17, 15) is 9.59 Å². The van der Waals surface area contributed by atoms with E-state index in [0.717, 1.165) is 31.2 Å². The van der Waals surface area contributed by atoms with Crippen LogP contribution in [0.3, 0.4) is 0 Å². The number of unbranched alkanes of at least 4 members (excludes halogenated alkanes) is 2. The van der Waals surface area contributed by atoms with Gasteiger partial charge in [-0.25, -0.2) is 0 Å². The number of carbonyl (C=O) groups excluding carboxylic acids is 1. The number of amides is 1. The second-order valence-corrected chi connectivity index (χ2v) is 7.38. The number of thioether (sulfide) groups is 1. The van der Waals surface area contributed by atoms with E-state index in [4.69, 9.17) is 0 Å². The van der Waals surface area contributed by atoms with Crippen molar-refractivity contribution in [2.75, 3.05) is 12.3 Å². The molecule has 8 heteroatoms. The molecule has 0 saturated carbocycles. The standard InChI is InChI=1S/C19H25N5O2S/c1-3-5-8-12-23-17(26)14-9-6-7-10-15(14)24-18(23)21-22-19(24)27-13-16(25)20-11-4-2/h6-7,9-10H,3-5,8,11-13H2,1-2H3,(H,20,25). The first-order valence-corrected chi connectivity index (χ1v) is 10.4. The molecule has 0 aliphatic heterocycles. The van der Waals surface area contributed by atoms with Crippen LogP contribution in [0.4, 0.5) is 0 Å². The summed E-state index contributed by atoms with van der Waals surface area (Å²) in [5.41, 5.74) is 0.726. The van der Waals surface area contributed by atoms with Gasteiger partial charge >= 0.3 is 0 Å². The molecule has 2 aromatic heterocycles. The maximum atomic E-state index is 12.9. The Kier molecular flexibility index (Phi) is 6.49. The summed E-state index contributed by atoms with van der Waals surface area (Å²) in [7, 11) is 0. The number of hydrogen-bond acceptors (Lipinski definition) is 5. The van der Waals surface area contributed by atoms with Crippen molar-refractivity contribution in [2.24, 2.45) is 0 Å². The Hall–Kier alpha value is -2.35. The third-order valence-corrected chi connectivity index (χ3v) is 5.30. The van der Waals surface area contributed by atoms with Gasteiger partial charge in [0, 0.05) is 13.1 Å². The van der Waals surface area contributed by atoms with Gasteiger partial charge in [0.15, 0.2) is 5.16 Å². The highest BCUT2D eigenvalue weighted by atomic mass is 32.2. The molecule has 0 fully saturated rings. The van der Waals surface area contributed by atoms with Crippen molar-refractivity contribution in [3.63, 3.8) is 0 Å². The average Bonchev–Trinajstić information content (AvgIpc) is 3.11. The van der Waals surface area contributed by atoms with Gasteiger partial charge in [0.25, 0.3) is 5.56 Å². The highest BCUT2D eigenvalue weighted by Gasteiger charge is 2.17. The van der Waals surface area contributed by atoms with Crippen LogP contribution in [-0.2, 0) is 11.3 Å². The molecule has 1 N–H and O–H groups in total. The number of hydrogen-bond donors (Lipinski definition) is 1. The molecule has 7 nitrogen and oxygen atoms in total. The van der Waals surface area contributed by atoms with Crippen molar-refractivity contribution < 1.29 is 4.79 Å². The normalized spacial score (nSPS) is 11.3. The van der Waals surface area contributed by atoms with Crippen LogP contribution in [-0.4, -0.2) is 37.4 Å². The van der Waals surface area contributed by atoms with E-state index in [-0.39, 0.29) is 17.2 Å². The molecule has 0 unspecified atom stereocenters. The number of aromatic nitrogens is 4. The van der Waals surface area contributed by atoms with Crippen LogP contribution < -0.4 is 10.9 Å². The lowest BCUT2D eigenvalue weighted by Crippen LogP contribution is -2.26. The van der Waals surface area contributed by atoms with Crippen LogP contribution in [0.15, 0.2) is 34.2 Å². The third kappa shape index (κ3) is 4.16. The zero-order valence-electron chi connectivity index (χ0n) is 15.8. The number of nitrogens with zero attached hydrogens (tertiary/aromatic N) is 4. The van der Waals surface area contributed by atoms with Crippen LogP contribution >= 0.6 is 11.8 Å². The molecular formula is C19H25N5O2S. The van der Waals surface area contributed by atoms with Crippen LogP contribution in [0.25, 0.3) is 16.7 Å². The Morgan fingerprint density at radius 2 is 1.96 bits per heavy atom. The fourth-order valence-electron chi connectivity index (χ4n) is 2.99. The Balaban J connectivity index is 2.01. The number of para-hydroxylation sites is 1. The van der Waals surface area contributed by atoms with Gasteiger partial charge in [-0.15, -0.1) is 10.2 Å². The summed E-state index contributed by atoms with van der Waals surface area (Å²) in [6, 6.07) is 7.48. The van der Waals surface area contributed by atoms with Crippen LogP contribution in [0.2, 0.25) is 0 Å². The highest BCUT2D eigenvalue weighted by molar-refractivity contribution is 7.99. The molecular weight excluding hydrogens is 362 g/mol. The molecule has 0 atom stereocenters. The van der Waals surface area contributed by atoms with Crippen LogP contribution in [0, 0.1) is 0 Å². The molecule has 2 heterocycles. The van der Waals surface area contributed by atoms with E-state index in [1.165, 1.54) is 11.8 Å². The van der Waals surface area contributed by atoms with E-state index < -0.39 is 0 Å².